The van der Waals surface area contributed by atoms with Crippen LogP contribution in [-0.4, -0.2) is 40.1 Å². The van der Waals surface area contributed by atoms with E-state index in [4.69, 9.17) is 4.74 Å². The average Bonchev–Trinajstić information content (AvgIpc) is 3.28. The first-order chi connectivity index (χ1) is 16.7. The molecule has 0 unspecified atom stereocenters. The number of nitrogens with zero attached hydrogens (tertiary/aromatic N) is 4. The van der Waals surface area contributed by atoms with Gasteiger partial charge >= 0.3 is 0 Å². The van der Waals surface area contributed by atoms with Crippen LogP contribution < -0.4 is 4.90 Å². The zero-order valence-electron chi connectivity index (χ0n) is 19.4. The lowest BCUT2D eigenvalue weighted by atomic mass is 10.1. The number of benzene rings is 3. The number of rotatable bonds is 10. The van der Waals surface area contributed by atoms with Crippen molar-refractivity contribution in [3.8, 4) is 11.4 Å². The van der Waals surface area contributed by atoms with Crippen molar-refractivity contribution in [2.45, 2.75) is 25.2 Å². The molecule has 6 nitrogen and oxygen atoms in total. The number of thioether (sulfide) groups is 1. The van der Waals surface area contributed by atoms with Gasteiger partial charge in [0.15, 0.2) is 11.0 Å². The number of para-hydroxylation sites is 1. The lowest BCUT2D eigenvalue weighted by Gasteiger charge is -2.23. The van der Waals surface area contributed by atoms with Crippen molar-refractivity contribution in [1.82, 2.24) is 14.8 Å². The van der Waals surface area contributed by atoms with Crippen molar-refractivity contribution in [3.63, 3.8) is 0 Å². The molecular formula is C27H28N4O2S. The largest absolute Gasteiger partial charge is 0.383 e. The molecular weight excluding hydrogens is 444 g/mol. The summed E-state index contributed by atoms with van der Waals surface area (Å²) < 4.78 is 7.34. The van der Waals surface area contributed by atoms with Gasteiger partial charge in [0.2, 0.25) is 5.91 Å². The van der Waals surface area contributed by atoms with Crippen LogP contribution in [-0.2, 0) is 22.6 Å². The molecule has 3 aromatic carbocycles. The van der Waals surface area contributed by atoms with E-state index in [0.717, 1.165) is 28.2 Å². The zero-order chi connectivity index (χ0) is 23.8. The standard InChI is InChI=1S/C27H28N4O2S/c1-21-10-9-13-23(18-21)26-28-29-27(30(26)16-17-33-2)34-20-25(32)31(24-14-7-4-8-15-24)19-22-11-5-3-6-12-22/h3-15,18H,16-17,19-20H2,1-2H3. The van der Waals surface area contributed by atoms with Gasteiger partial charge in [-0.25, -0.2) is 0 Å². The molecule has 0 saturated heterocycles. The van der Waals surface area contributed by atoms with E-state index in [-0.39, 0.29) is 11.7 Å². The van der Waals surface area contributed by atoms with Crippen LogP contribution in [0.1, 0.15) is 11.1 Å². The van der Waals surface area contributed by atoms with Gasteiger partial charge < -0.3 is 9.64 Å². The number of aromatic nitrogens is 3. The van der Waals surface area contributed by atoms with Crippen LogP contribution in [0, 0.1) is 6.92 Å². The third-order valence-electron chi connectivity index (χ3n) is 5.39. The normalized spacial score (nSPS) is 10.9. The van der Waals surface area contributed by atoms with Gasteiger partial charge in [-0.3, -0.25) is 9.36 Å². The van der Waals surface area contributed by atoms with Crippen molar-refractivity contribution < 1.29 is 9.53 Å². The van der Waals surface area contributed by atoms with Crippen molar-refractivity contribution in [2.24, 2.45) is 0 Å². The van der Waals surface area contributed by atoms with Crippen LogP contribution in [0.4, 0.5) is 5.69 Å². The minimum absolute atomic E-state index is 0.0125. The highest BCUT2D eigenvalue weighted by Crippen LogP contribution is 2.26. The molecule has 0 radical (unpaired) electrons. The van der Waals surface area contributed by atoms with Crippen LogP contribution in [0.3, 0.4) is 0 Å². The molecule has 1 aromatic heterocycles. The first-order valence-corrected chi connectivity index (χ1v) is 12.2. The van der Waals surface area contributed by atoms with Gasteiger partial charge in [0.05, 0.1) is 25.4 Å². The number of methoxy groups -OCH3 is 1. The fourth-order valence-electron chi connectivity index (χ4n) is 3.68. The van der Waals surface area contributed by atoms with Gasteiger partial charge in [-0.2, -0.15) is 0 Å². The van der Waals surface area contributed by atoms with E-state index in [0.29, 0.717) is 24.9 Å². The lowest BCUT2D eigenvalue weighted by molar-refractivity contribution is -0.116. The van der Waals surface area contributed by atoms with E-state index in [1.54, 1.807) is 7.11 Å². The predicted octanol–water partition coefficient (Wildman–Crippen LogP) is 5.23. The third-order valence-corrected chi connectivity index (χ3v) is 6.34. The highest BCUT2D eigenvalue weighted by atomic mass is 32.2. The molecule has 4 rings (SSSR count). The molecule has 1 heterocycles. The zero-order valence-corrected chi connectivity index (χ0v) is 20.2. The second kappa shape index (κ2) is 11.6. The van der Waals surface area contributed by atoms with Crippen molar-refractivity contribution in [3.05, 3.63) is 96.1 Å². The van der Waals surface area contributed by atoms with Crippen molar-refractivity contribution in [2.75, 3.05) is 24.4 Å². The first kappa shape index (κ1) is 23.7. The summed E-state index contributed by atoms with van der Waals surface area (Å²) in [6, 6.07) is 28.0. The molecule has 0 spiro atoms. The lowest BCUT2D eigenvalue weighted by Crippen LogP contribution is -2.32. The smallest absolute Gasteiger partial charge is 0.237 e. The number of carbonyl (C=O) groups excluding carboxylic acids is 1. The van der Waals surface area contributed by atoms with E-state index in [9.17, 15) is 4.79 Å². The molecule has 0 N–H and O–H groups in total. The minimum Gasteiger partial charge on any atom is -0.383 e. The number of amides is 1. The second-order valence-corrected chi connectivity index (χ2v) is 8.85. The maximum atomic E-state index is 13.4. The van der Waals surface area contributed by atoms with E-state index in [1.165, 1.54) is 11.8 Å². The monoisotopic (exact) mass is 472 g/mol. The molecule has 4 aromatic rings. The van der Waals surface area contributed by atoms with Crippen LogP contribution in [0.15, 0.2) is 90.1 Å². The molecule has 0 bridgehead atoms. The first-order valence-electron chi connectivity index (χ1n) is 11.2. The Morgan fingerprint density at radius 2 is 1.71 bits per heavy atom. The van der Waals surface area contributed by atoms with Crippen LogP contribution in [0.2, 0.25) is 0 Å². The predicted molar refractivity (Wildman–Crippen MR) is 137 cm³/mol. The fraction of sp³-hybridized carbons (Fsp3) is 0.222. The summed E-state index contributed by atoms with van der Waals surface area (Å²) in [5.74, 6) is 1.04. The van der Waals surface area contributed by atoms with Gasteiger partial charge in [-0.1, -0.05) is 84.1 Å². The van der Waals surface area contributed by atoms with E-state index < -0.39 is 0 Å². The fourth-order valence-corrected chi connectivity index (χ4v) is 4.52. The molecule has 0 aliphatic carbocycles. The summed E-state index contributed by atoms with van der Waals surface area (Å²) in [6.45, 7) is 3.70. The second-order valence-electron chi connectivity index (χ2n) is 7.91. The number of ether oxygens (including phenoxy) is 1. The Labute approximate surface area is 204 Å². The Morgan fingerprint density at radius 3 is 2.41 bits per heavy atom. The highest BCUT2D eigenvalue weighted by molar-refractivity contribution is 7.99. The number of anilines is 1. The molecule has 34 heavy (non-hydrogen) atoms. The van der Waals surface area contributed by atoms with Gasteiger partial charge in [0.1, 0.15) is 0 Å². The summed E-state index contributed by atoms with van der Waals surface area (Å²) >= 11 is 1.40. The molecule has 0 aliphatic heterocycles. The Morgan fingerprint density at radius 1 is 0.971 bits per heavy atom. The molecule has 174 valence electrons. The van der Waals surface area contributed by atoms with E-state index in [2.05, 4.69) is 29.3 Å². The number of aryl methyl sites for hydroxylation is 1. The molecule has 0 fully saturated rings. The van der Waals surface area contributed by atoms with Gasteiger partial charge in [-0.15, -0.1) is 10.2 Å². The average molecular weight is 473 g/mol. The number of carbonyl (C=O) groups is 1. The van der Waals surface area contributed by atoms with Crippen LogP contribution in [0.25, 0.3) is 11.4 Å². The van der Waals surface area contributed by atoms with E-state index >= 15 is 0 Å². The SMILES string of the molecule is COCCn1c(SCC(=O)N(Cc2ccccc2)c2ccccc2)nnc1-c1cccc(C)c1. The molecule has 1 amide bonds. The number of hydrogen-bond acceptors (Lipinski definition) is 5. The minimum atomic E-state index is 0.0125. The molecule has 0 saturated carbocycles. The van der Waals surface area contributed by atoms with Crippen LogP contribution >= 0.6 is 11.8 Å². The summed E-state index contributed by atoms with van der Waals surface area (Å²) in [5.41, 5.74) is 4.10. The number of hydrogen-bond donors (Lipinski definition) is 0. The Balaban J connectivity index is 1.55. The van der Waals surface area contributed by atoms with Gasteiger partial charge in [-0.05, 0) is 30.7 Å². The Hall–Kier alpha value is -3.42. The maximum Gasteiger partial charge on any atom is 0.237 e. The molecule has 0 aliphatic rings. The Kier molecular flexibility index (Phi) is 8.12. The Bertz CT molecular complexity index is 1210. The summed E-state index contributed by atoms with van der Waals surface area (Å²) in [4.78, 5) is 15.2. The van der Waals surface area contributed by atoms with Gasteiger partial charge in [0.25, 0.3) is 0 Å². The highest BCUT2D eigenvalue weighted by Gasteiger charge is 2.20. The van der Waals surface area contributed by atoms with Crippen molar-refractivity contribution in [1.29, 1.82) is 0 Å². The third kappa shape index (κ3) is 5.92. The maximum absolute atomic E-state index is 13.4. The summed E-state index contributed by atoms with van der Waals surface area (Å²) in [5, 5.41) is 9.56. The molecule has 0 atom stereocenters. The topological polar surface area (TPSA) is 60.2 Å². The van der Waals surface area contributed by atoms with Gasteiger partial charge in [0, 0.05) is 18.4 Å². The van der Waals surface area contributed by atoms with E-state index in [1.807, 2.05) is 82.3 Å². The summed E-state index contributed by atoms with van der Waals surface area (Å²) in [6.07, 6.45) is 0. The quantitative estimate of drug-likeness (QED) is 0.296. The van der Waals surface area contributed by atoms with Crippen molar-refractivity contribution >= 4 is 23.4 Å². The summed E-state index contributed by atoms with van der Waals surface area (Å²) in [7, 11) is 1.67. The molecule has 7 heteroatoms. The van der Waals surface area contributed by atoms with Crippen LogP contribution in [0.5, 0.6) is 0 Å².